The van der Waals surface area contributed by atoms with E-state index in [0.29, 0.717) is 22.6 Å². The van der Waals surface area contributed by atoms with Crippen LogP contribution in [0.4, 0.5) is 23.8 Å². The molecule has 3 aromatic heterocycles. The Kier molecular flexibility index (Phi) is 4.55. The predicted molar refractivity (Wildman–Crippen MR) is 105 cm³/mol. The minimum Gasteiger partial charge on any atom is -0.465 e. The summed E-state index contributed by atoms with van der Waals surface area (Å²) in [6.07, 6.45) is -0.106. The number of β-amino-alcohol motifs (C(OH)–C–C–N with tert-alkyl or cyclic N) is 1. The van der Waals surface area contributed by atoms with Crippen molar-refractivity contribution in [3.05, 3.63) is 30.5 Å². The number of aliphatic hydroxyl groups excluding tert-OH is 1. The zero-order valence-electron chi connectivity index (χ0n) is 16.9. The van der Waals surface area contributed by atoms with Crippen molar-refractivity contribution in [3.8, 4) is 11.3 Å². The number of alkyl halides is 3. The lowest BCUT2D eigenvalue weighted by Gasteiger charge is -2.42. The lowest BCUT2D eigenvalue weighted by Crippen LogP contribution is -2.56. The van der Waals surface area contributed by atoms with E-state index in [4.69, 9.17) is 5.11 Å². The first-order chi connectivity index (χ1) is 15.1. The highest BCUT2D eigenvalue weighted by Crippen LogP contribution is 2.39. The standard InChI is InChI=1S/C19H20F3N7O3/c1-10-15(11-6-24-29(7-11)12-8-26(18(31)32)9-13(12)30)25-17(16-23-3-5-27(10)16)28-4-2-14(28)19(20,21)22/h3,5-7,12-14,30H,2,4,8-9H2,1H3,(H,31,32)/t12?,13?,14-/m1/s1. The third kappa shape index (κ3) is 3.15. The Morgan fingerprint density at radius 2 is 2.06 bits per heavy atom. The largest absolute Gasteiger partial charge is 0.465 e. The van der Waals surface area contributed by atoms with Crippen molar-refractivity contribution >= 4 is 17.6 Å². The van der Waals surface area contributed by atoms with E-state index in [9.17, 15) is 23.1 Å². The van der Waals surface area contributed by atoms with Gasteiger partial charge in [0.05, 0.1) is 30.6 Å². The topological polar surface area (TPSA) is 112 Å². The van der Waals surface area contributed by atoms with Gasteiger partial charge in [0.1, 0.15) is 6.04 Å². The molecule has 2 aliphatic heterocycles. The van der Waals surface area contributed by atoms with E-state index in [1.54, 1.807) is 23.7 Å². The van der Waals surface area contributed by atoms with Crippen LogP contribution in [0.5, 0.6) is 0 Å². The number of hydrogen-bond acceptors (Lipinski definition) is 6. The van der Waals surface area contributed by atoms with Crippen LogP contribution in [0, 0.1) is 6.92 Å². The molecule has 170 valence electrons. The molecule has 3 aromatic rings. The zero-order valence-corrected chi connectivity index (χ0v) is 16.9. The molecule has 13 heteroatoms. The van der Waals surface area contributed by atoms with E-state index in [-0.39, 0.29) is 31.9 Å². The number of aromatic nitrogens is 5. The second-order valence-electron chi connectivity index (χ2n) is 8.06. The maximum Gasteiger partial charge on any atom is 0.408 e. The quantitative estimate of drug-likeness (QED) is 0.626. The van der Waals surface area contributed by atoms with E-state index in [2.05, 4.69) is 15.1 Å². The molecule has 0 spiro atoms. The van der Waals surface area contributed by atoms with Crippen molar-refractivity contribution in [2.24, 2.45) is 0 Å². The highest BCUT2D eigenvalue weighted by Gasteiger charge is 2.50. The number of anilines is 1. The number of hydrogen-bond donors (Lipinski definition) is 2. The molecule has 2 fully saturated rings. The molecule has 10 nitrogen and oxygen atoms in total. The van der Waals surface area contributed by atoms with E-state index >= 15 is 0 Å². The van der Waals surface area contributed by atoms with Crippen LogP contribution in [-0.4, -0.2) is 83.3 Å². The third-order valence-electron chi connectivity index (χ3n) is 6.18. The Bertz CT molecular complexity index is 1190. The first-order valence-corrected chi connectivity index (χ1v) is 10.0. The number of imidazole rings is 1. The Hall–Kier alpha value is -3.35. The predicted octanol–water partition coefficient (Wildman–Crippen LogP) is 1.94. The molecule has 0 radical (unpaired) electrons. The Morgan fingerprint density at radius 3 is 2.69 bits per heavy atom. The molecular formula is C19H20F3N7O3. The summed E-state index contributed by atoms with van der Waals surface area (Å²) in [6, 6.07) is -2.17. The van der Waals surface area contributed by atoms with Crippen LogP contribution in [0.25, 0.3) is 16.9 Å². The maximum atomic E-state index is 13.4. The van der Waals surface area contributed by atoms with Crippen molar-refractivity contribution < 1.29 is 28.2 Å². The van der Waals surface area contributed by atoms with Gasteiger partial charge >= 0.3 is 12.3 Å². The number of carbonyl (C=O) groups is 1. The summed E-state index contributed by atoms with van der Waals surface area (Å²) in [5.74, 6) is 0.148. The third-order valence-corrected chi connectivity index (χ3v) is 6.18. The lowest BCUT2D eigenvalue weighted by molar-refractivity contribution is -0.159. The van der Waals surface area contributed by atoms with Gasteiger partial charge in [0.2, 0.25) is 0 Å². The Balaban J connectivity index is 1.53. The smallest absolute Gasteiger partial charge is 0.408 e. The minimum atomic E-state index is -4.37. The molecule has 0 aliphatic carbocycles. The van der Waals surface area contributed by atoms with Gasteiger partial charge < -0.3 is 20.0 Å². The van der Waals surface area contributed by atoms with Gasteiger partial charge in [-0.25, -0.2) is 14.8 Å². The van der Waals surface area contributed by atoms with Crippen LogP contribution in [0.2, 0.25) is 0 Å². The van der Waals surface area contributed by atoms with Gasteiger partial charge in [-0.1, -0.05) is 0 Å². The molecule has 2 N–H and O–H groups in total. The highest BCUT2D eigenvalue weighted by molar-refractivity contribution is 5.73. The van der Waals surface area contributed by atoms with E-state index < -0.39 is 30.5 Å². The normalized spacial score (nSPS) is 23.7. The van der Waals surface area contributed by atoms with Gasteiger partial charge in [-0.2, -0.15) is 18.3 Å². The van der Waals surface area contributed by atoms with Crippen LogP contribution in [0.1, 0.15) is 18.2 Å². The number of aliphatic hydroxyl groups is 1. The molecule has 5 rings (SSSR count). The molecule has 2 unspecified atom stereocenters. The number of likely N-dealkylation sites (tertiary alicyclic amines) is 1. The van der Waals surface area contributed by atoms with Gasteiger partial charge in [-0.3, -0.25) is 9.08 Å². The molecule has 2 aliphatic rings. The number of nitrogens with zero attached hydrogens (tertiary/aromatic N) is 7. The number of halogens is 3. The molecule has 32 heavy (non-hydrogen) atoms. The fourth-order valence-corrected chi connectivity index (χ4v) is 4.37. The summed E-state index contributed by atoms with van der Waals surface area (Å²) in [7, 11) is 0. The number of amides is 1. The van der Waals surface area contributed by atoms with Crippen LogP contribution in [-0.2, 0) is 0 Å². The maximum absolute atomic E-state index is 13.4. The lowest BCUT2D eigenvalue weighted by atomic mass is 10.0. The number of aryl methyl sites for hydroxylation is 1. The molecule has 0 bridgehead atoms. The van der Waals surface area contributed by atoms with E-state index in [1.807, 2.05) is 0 Å². The summed E-state index contributed by atoms with van der Waals surface area (Å²) < 4.78 is 43.3. The van der Waals surface area contributed by atoms with Crippen LogP contribution in [0.3, 0.4) is 0 Å². The summed E-state index contributed by atoms with van der Waals surface area (Å²) >= 11 is 0. The highest BCUT2D eigenvalue weighted by atomic mass is 19.4. The second-order valence-corrected chi connectivity index (χ2v) is 8.06. The number of fused-ring (bicyclic) bond motifs is 1. The Labute approximate surface area is 179 Å². The number of rotatable bonds is 3. The van der Waals surface area contributed by atoms with Crippen LogP contribution < -0.4 is 4.90 Å². The van der Waals surface area contributed by atoms with Crippen molar-refractivity contribution in [2.75, 3.05) is 24.5 Å². The van der Waals surface area contributed by atoms with Gasteiger partial charge in [-0.05, 0) is 13.3 Å². The van der Waals surface area contributed by atoms with E-state index in [0.717, 1.165) is 4.90 Å². The number of carboxylic acid groups (broad SMARTS) is 1. The summed E-state index contributed by atoms with van der Waals surface area (Å²) in [5, 5.41) is 23.7. The van der Waals surface area contributed by atoms with Crippen molar-refractivity contribution in [1.29, 1.82) is 0 Å². The van der Waals surface area contributed by atoms with Crippen LogP contribution >= 0.6 is 0 Å². The fourth-order valence-electron chi connectivity index (χ4n) is 4.37. The molecule has 3 atom stereocenters. The molecule has 0 saturated carbocycles. The molecule has 5 heterocycles. The molecular weight excluding hydrogens is 431 g/mol. The van der Waals surface area contributed by atoms with E-state index in [1.165, 1.54) is 22.0 Å². The van der Waals surface area contributed by atoms with Gasteiger partial charge in [0.15, 0.2) is 11.5 Å². The van der Waals surface area contributed by atoms with Gasteiger partial charge in [0.25, 0.3) is 0 Å². The van der Waals surface area contributed by atoms with Gasteiger partial charge in [-0.15, -0.1) is 0 Å². The van der Waals surface area contributed by atoms with Crippen molar-refractivity contribution in [1.82, 2.24) is 29.0 Å². The monoisotopic (exact) mass is 451 g/mol. The minimum absolute atomic E-state index is 0.00115. The first-order valence-electron chi connectivity index (χ1n) is 10.0. The Morgan fingerprint density at radius 1 is 1.28 bits per heavy atom. The second kappa shape index (κ2) is 7.08. The summed E-state index contributed by atoms with van der Waals surface area (Å²) in [4.78, 5) is 22.3. The van der Waals surface area contributed by atoms with Crippen molar-refractivity contribution in [3.63, 3.8) is 0 Å². The molecule has 2 saturated heterocycles. The SMILES string of the molecule is Cc1c(-c2cnn(C3CN(C(=O)O)CC3O)c2)nc(N2CC[C@@H]2C(F)(F)F)c2nccn12. The average molecular weight is 451 g/mol. The fraction of sp³-hybridized carbons (Fsp3) is 0.474. The zero-order chi connectivity index (χ0) is 22.8. The molecule has 0 aromatic carbocycles. The van der Waals surface area contributed by atoms with Gasteiger partial charge in [0, 0.05) is 42.9 Å². The molecule has 1 amide bonds. The van der Waals surface area contributed by atoms with Crippen LogP contribution in [0.15, 0.2) is 24.8 Å². The average Bonchev–Trinajstić information content (AvgIpc) is 3.40. The van der Waals surface area contributed by atoms with Crippen molar-refractivity contribution in [2.45, 2.75) is 37.7 Å². The first kappa shape index (κ1) is 20.5. The summed E-state index contributed by atoms with van der Waals surface area (Å²) in [6.45, 7) is 2.06. The summed E-state index contributed by atoms with van der Waals surface area (Å²) in [5.41, 5.74) is 2.00.